The molecule has 0 aliphatic carbocycles. The van der Waals surface area contributed by atoms with Crippen LogP contribution < -0.4 is 5.32 Å². The van der Waals surface area contributed by atoms with Crippen LogP contribution in [-0.2, 0) is 9.53 Å². The highest BCUT2D eigenvalue weighted by Gasteiger charge is 2.21. The van der Waals surface area contributed by atoms with Gasteiger partial charge in [-0.3, -0.25) is 4.79 Å². The van der Waals surface area contributed by atoms with Crippen molar-refractivity contribution < 1.29 is 27.5 Å². The second-order valence-corrected chi connectivity index (χ2v) is 5.64. The van der Waals surface area contributed by atoms with Crippen molar-refractivity contribution in [3.63, 3.8) is 0 Å². The fourth-order valence-corrected chi connectivity index (χ4v) is 2.27. The van der Waals surface area contributed by atoms with E-state index in [9.17, 15) is 22.8 Å². The van der Waals surface area contributed by atoms with Crippen LogP contribution in [0.3, 0.4) is 0 Å². The molecule has 0 aromatic heterocycles. The molecule has 0 spiro atoms. The van der Waals surface area contributed by atoms with Gasteiger partial charge < -0.3 is 10.1 Å². The highest BCUT2D eigenvalue weighted by Crippen LogP contribution is 2.20. The number of ether oxygens (including phenoxy) is 1. The minimum atomic E-state index is -1.28. The molecular formula is C16H11BrF3NO3. The summed E-state index contributed by atoms with van der Waals surface area (Å²) >= 11 is 3.01. The first kappa shape index (κ1) is 18.0. The molecule has 126 valence electrons. The highest BCUT2D eigenvalue weighted by molar-refractivity contribution is 9.10. The molecule has 1 amide bonds. The Hall–Kier alpha value is -2.35. The van der Waals surface area contributed by atoms with Gasteiger partial charge in [0.2, 0.25) is 0 Å². The van der Waals surface area contributed by atoms with Crippen LogP contribution in [0.25, 0.3) is 0 Å². The van der Waals surface area contributed by atoms with E-state index in [2.05, 4.69) is 21.2 Å². The molecule has 0 aliphatic rings. The summed E-state index contributed by atoms with van der Waals surface area (Å²) in [5, 5.41) is 2.13. The molecule has 24 heavy (non-hydrogen) atoms. The fourth-order valence-electron chi connectivity index (χ4n) is 1.76. The van der Waals surface area contributed by atoms with Crippen molar-refractivity contribution in [2.45, 2.75) is 13.0 Å². The van der Waals surface area contributed by atoms with Crippen molar-refractivity contribution in [3.05, 3.63) is 63.9 Å². The van der Waals surface area contributed by atoms with E-state index in [0.29, 0.717) is 0 Å². The molecular weight excluding hydrogens is 391 g/mol. The summed E-state index contributed by atoms with van der Waals surface area (Å²) in [6.45, 7) is 1.27. The van der Waals surface area contributed by atoms with Crippen molar-refractivity contribution in [1.82, 2.24) is 0 Å². The molecule has 2 rings (SSSR count). The first-order valence-corrected chi connectivity index (χ1v) is 7.49. The number of esters is 1. The maximum Gasteiger partial charge on any atom is 0.340 e. The normalized spacial score (nSPS) is 11.7. The summed E-state index contributed by atoms with van der Waals surface area (Å²) in [6.07, 6.45) is -1.28. The van der Waals surface area contributed by atoms with Gasteiger partial charge in [0.05, 0.1) is 11.3 Å². The van der Waals surface area contributed by atoms with Crippen LogP contribution in [-0.4, -0.2) is 18.0 Å². The number of halogens is 4. The van der Waals surface area contributed by atoms with E-state index in [-0.39, 0.29) is 15.7 Å². The molecule has 0 radical (unpaired) electrons. The lowest BCUT2D eigenvalue weighted by atomic mass is 10.2. The zero-order valence-corrected chi connectivity index (χ0v) is 13.9. The number of nitrogens with one attached hydrogen (secondary N) is 1. The van der Waals surface area contributed by atoms with E-state index in [1.54, 1.807) is 0 Å². The standard InChI is InChI=1S/C16H11BrF3NO3/c1-8(15(22)21-14-7-10(19)3-5-13(14)20)24-16(23)11-4-2-9(18)6-12(11)17/h2-8H,1H3,(H,21,22)/t8-/m0/s1. The molecule has 4 nitrogen and oxygen atoms in total. The molecule has 0 saturated heterocycles. The Bertz CT molecular complexity index is 798. The van der Waals surface area contributed by atoms with Crippen LogP contribution in [0.2, 0.25) is 0 Å². The summed E-state index contributed by atoms with van der Waals surface area (Å²) in [5.74, 6) is -3.82. The summed E-state index contributed by atoms with van der Waals surface area (Å²) < 4.78 is 44.7. The Balaban J connectivity index is 2.05. The smallest absolute Gasteiger partial charge is 0.340 e. The van der Waals surface area contributed by atoms with Gasteiger partial charge in [-0.15, -0.1) is 0 Å². The Morgan fingerprint density at radius 1 is 1.08 bits per heavy atom. The Morgan fingerprint density at radius 3 is 2.38 bits per heavy atom. The van der Waals surface area contributed by atoms with Crippen LogP contribution in [0, 0.1) is 17.5 Å². The second-order valence-electron chi connectivity index (χ2n) is 4.79. The quantitative estimate of drug-likeness (QED) is 0.786. The number of carbonyl (C=O) groups is 2. The van der Waals surface area contributed by atoms with E-state index >= 15 is 0 Å². The lowest BCUT2D eigenvalue weighted by Crippen LogP contribution is -2.30. The van der Waals surface area contributed by atoms with Gasteiger partial charge in [0.15, 0.2) is 6.10 Å². The predicted octanol–water partition coefficient (Wildman–Crippen LogP) is 4.05. The van der Waals surface area contributed by atoms with E-state index in [1.165, 1.54) is 13.0 Å². The maximum atomic E-state index is 13.5. The second kappa shape index (κ2) is 7.48. The molecule has 1 N–H and O–H groups in total. The fraction of sp³-hybridized carbons (Fsp3) is 0.125. The van der Waals surface area contributed by atoms with Crippen LogP contribution in [0.5, 0.6) is 0 Å². The van der Waals surface area contributed by atoms with E-state index in [1.807, 2.05) is 0 Å². The predicted molar refractivity (Wildman–Crippen MR) is 84.0 cm³/mol. The zero-order chi connectivity index (χ0) is 17.9. The first-order valence-electron chi connectivity index (χ1n) is 6.70. The number of benzene rings is 2. The van der Waals surface area contributed by atoms with Crippen molar-refractivity contribution in [2.24, 2.45) is 0 Å². The summed E-state index contributed by atoms with van der Waals surface area (Å²) in [7, 11) is 0. The van der Waals surface area contributed by atoms with Crippen LogP contribution in [0.4, 0.5) is 18.9 Å². The lowest BCUT2D eigenvalue weighted by molar-refractivity contribution is -0.123. The average molecular weight is 402 g/mol. The number of hydrogen-bond acceptors (Lipinski definition) is 3. The average Bonchev–Trinajstić information content (AvgIpc) is 2.50. The number of carbonyl (C=O) groups excluding carboxylic acids is 2. The molecule has 0 bridgehead atoms. The highest BCUT2D eigenvalue weighted by atomic mass is 79.9. The van der Waals surface area contributed by atoms with Crippen LogP contribution >= 0.6 is 15.9 Å². The SMILES string of the molecule is C[C@H](OC(=O)c1ccc(F)cc1Br)C(=O)Nc1cc(F)ccc1F. The van der Waals surface area contributed by atoms with Gasteiger partial charge in [0.25, 0.3) is 5.91 Å². The molecule has 0 fully saturated rings. The zero-order valence-electron chi connectivity index (χ0n) is 12.3. The topological polar surface area (TPSA) is 55.4 Å². The summed E-state index contributed by atoms with van der Waals surface area (Å²) in [4.78, 5) is 23.9. The number of amides is 1. The third kappa shape index (κ3) is 4.35. The molecule has 2 aromatic rings. The molecule has 0 saturated carbocycles. The van der Waals surface area contributed by atoms with Gasteiger partial charge >= 0.3 is 5.97 Å². The third-order valence-corrected chi connectivity index (χ3v) is 3.65. The summed E-state index contributed by atoms with van der Waals surface area (Å²) in [6, 6.07) is 5.90. The monoisotopic (exact) mass is 401 g/mol. The van der Waals surface area contributed by atoms with Gasteiger partial charge in [-0.1, -0.05) is 0 Å². The molecule has 2 aromatic carbocycles. The van der Waals surface area contributed by atoms with Crippen molar-refractivity contribution in [3.8, 4) is 0 Å². The van der Waals surface area contributed by atoms with Gasteiger partial charge in [-0.25, -0.2) is 18.0 Å². The van der Waals surface area contributed by atoms with E-state index < -0.39 is 35.4 Å². The minimum absolute atomic E-state index is 0.0213. The van der Waals surface area contributed by atoms with Gasteiger partial charge in [0.1, 0.15) is 17.5 Å². The number of anilines is 1. The van der Waals surface area contributed by atoms with Gasteiger partial charge in [-0.2, -0.15) is 0 Å². The minimum Gasteiger partial charge on any atom is -0.449 e. The maximum absolute atomic E-state index is 13.5. The van der Waals surface area contributed by atoms with E-state index in [4.69, 9.17) is 4.74 Å². The van der Waals surface area contributed by atoms with Gasteiger partial charge in [0, 0.05) is 10.5 Å². The molecule has 8 heteroatoms. The Labute approximate surface area is 143 Å². The van der Waals surface area contributed by atoms with Crippen LogP contribution in [0.1, 0.15) is 17.3 Å². The molecule has 0 heterocycles. The largest absolute Gasteiger partial charge is 0.449 e. The Kier molecular flexibility index (Phi) is 5.61. The molecule has 0 aliphatic heterocycles. The van der Waals surface area contributed by atoms with E-state index in [0.717, 1.165) is 30.3 Å². The number of rotatable bonds is 4. The van der Waals surface area contributed by atoms with Crippen LogP contribution in [0.15, 0.2) is 40.9 Å². The molecule has 1 atom stereocenters. The third-order valence-electron chi connectivity index (χ3n) is 2.99. The van der Waals surface area contributed by atoms with Crippen molar-refractivity contribution in [1.29, 1.82) is 0 Å². The first-order chi connectivity index (χ1) is 11.3. The van der Waals surface area contributed by atoms with Crippen molar-refractivity contribution >= 4 is 33.5 Å². The summed E-state index contributed by atoms with van der Waals surface area (Å²) in [5.41, 5.74) is -0.348. The Morgan fingerprint density at radius 2 is 1.71 bits per heavy atom. The van der Waals surface area contributed by atoms with Gasteiger partial charge in [-0.05, 0) is 53.2 Å². The number of hydrogen-bond donors (Lipinski definition) is 1. The van der Waals surface area contributed by atoms with Crippen molar-refractivity contribution in [2.75, 3.05) is 5.32 Å². The molecule has 0 unspecified atom stereocenters. The lowest BCUT2D eigenvalue weighted by Gasteiger charge is -2.14.